The third kappa shape index (κ3) is 1.79. The monoisotopic (exact) mass is 263 g/mol. The molecule has 51 valence electrons. The molecule has 0 heterocycles. The molecule has 0 bridgehead atoms. The van der Waals surface area contributed by atoms with Crippen LogP contribution in [0.2, 0.25) is 0 Å². The van der Waals surface area contributed by atoms with E-state index in [9.17, 15) is 4.39 Å². The highest BCUT2D eigenvalue weighted by molar-refractivity contribution is 14.1. The van der Waals surface area contributed by atoms with Crippen LogP contribution in [0.15, 0.2) is 18.2 Å². The van der Waals surface area contributed by atoms with Gasteiger partial charge in [-0.3, -0.25) is 0 Å². The molecule has 3 radical (unpaired) electrons. The van der Waals surface area contributed by atoms with Crippen LogP contribution < -0.4 is 0 Å². The number of hydrogen-bond acceptors (Lipinski definition) is 0. The van der Waals surface area contributed by atoms with Crippen LogP contribution in [-0.2, 0) is 6.04 Å². The Labute approximate surface area is 76.4 Å². The molecule has 0 atom stereocenters. The molecule has 0 saturated heterocycles. The van der Waals surface area contributed by atoms with Crippen LogP contribution in [-0.4, -0.2) is 10.2 Å². The summed E-state index contributed by atoms with van der Waals surface area (Å²) in [5.41, 5.74) is 1.12. The van der Waals surface area contributed by atoms with Crippen LogP contribution in [0.25, 0.3) is 0 Å². The molecule has 0 aliphatic carbocycles. The van der Waals surface area contributed by atoms with E-state index < -0.39 is 0 Å². The molecule has 0 fully saturated rings. The second-order valence-electron chi connectivity index (χ2n) is 1.91. The fourth-order valence-electron chi connectivity index (χ4n) is 0.665. The van der Waals surface area contributed by atoms with Gasteiger partial charge in [0.2, 0.25) is 0 Å². The van der Waals surface area contributed by atoms with Crippen molar-refractivity contribution in [1.82, 2.24) is 0 Å². The molecule has 1 aromatic carbocycles. The van der Waals surface area contributed by atoms with Gasteiger partial charge < -0.3 is 0 Å². The van der Waals surface area contributed by atoms with Gasteiger partial charge in [-0.1, -0.05) is 6.07 Å². The van der Waals surface area contributed by atoms with Crippen molar-refractivity contribution < 1.29 is 4.39 Å². The summed E-state index contributed by atoms with van der Waals surface area (Å²) in [6.45, 7) is 0. The van der Waals surface area contributed by atoms with Crippen LogP contribution in [0, 0.1) is 9.39 Å². The van der Waals surface area contributed by atoms with Gasteiger partial charge >= 0.3 is 0 Å². The Hall–Kier alpha value is 0.0969. The molecular formula is C7H5FISi. The molecule has 0 spiro atoms. The zero-order valence-corrected chi connectivity index (χ0v) is 8.35. The first-order chi connectivity index (χ1) is 4.74. The predicted octanol–water partition coefficient (Wildman–Crippen LogP) is 2.10. The molecular weight excluding hydrogens is 258 g/mol. The molecule has 1 rings (SSSR count). The van der Waals surface area contributed by atoms with E-state index in [1.807, 2.05) is 0 Å². The standard InChI is InChI=1S/C7H5FISi/c8-6-2-1-5(4-10)7(9)3-6/h1-3H,4H2. The second kappa shape index (κ2) is 3.48. The molecule has 0 amide bonds. The second-order valence-corrected chi connectivity index (χ2v) is 3.43. The summed E-state index contributed by atoms with van der Waals surface area (Å²) in [6, 6.07) is 5.55. The highest BCUT2D eigenvalue weighted by Gasteiger charge is 1.97. The lowest BCUT2D eigenvalue weighted by atomic mass is 10.2. The molecule has 0 aliphatic heterocycles. The van der Waals surface area contributed by atoms with Gasteiger partial charge in [0, 0.05) is 13.8 Å². The molecule has 0 N–H and O–H groups in total. The minimum absolute atomic E-state index is 0.173. The van der Waals surface area contributed by atoms with Gasteiger partial charge in [0.15, 0.2) is 0 Å². The number of benzene rings is 1. The SMILES string of the molecule is Fc1ccc(C[Si])c(I)c1. The number of halogens is 2. The van der Waals surface area contributed by atoms with Gasteiger partial charge in [-0.25, -0.2) is 4.39 Å². The Morgan fingerprint density at radius 1 is 1.50 bits per heavy atom. The van der Waals surface area contributed by atoms with E-state index in [-0.39, 0.29) is 5.82 Å². The molecule has 10 heavy (non-hydrogen) atoms. The van der Waals surface area contributed by atoms with E-state index in [1.165, 1.54) is 12.1 Å². The van der Waals surface area contributed by atoms with Crippen molar-refractivity contribution in [2.45, 2.75) is 6.04 Å². The third-order valence-electron chi connectivity index (χ3n) is 1.21. The van der Waals surface area contributed by atoms with Gasteiger partial charge in [0.25, 0.3) is 0 Å². The maximum Gasteiger partial charge on any atom is 0.124 e. The maximum atomic E-state index is 12.5. The van der Waals surface area contributed by atoms with E-state index in [0.29, 0.717) is 0 Å². The van der Waals surface area contributed by atoms with Crippen molar-refractivity contribution in [1.29, 1.82) is 0 Å². The molecule has 0 aliphatic rings. The first kappa shape index (κ1) is 8.20. The molecule has 3 heteroatoms. The minimum atomic E-state index is -0.173. The summed E-state index contributed by atoms with van der Waals surface area (Å²) in [6.07, 6.45) is 0. The summed E-state index contributed by atoms with van der Waals surface area (Å²) in [4.78, 5) is 0. The lowest BCUT2D eigenvalue weighted by Gasteiger charge is -1.98. The Balaban J connectivity index is 3.07. The van der Waals surface area contributed by atoms with Gasteiger partial charge in [0.05, 0.1) is 0 Å². The van der Waals surface area contributed by atoms with Crippen LogP contribution in [0.3, 0.4) is 0 Å². The first-order valence-electron chi connectivity index (χ1n) is 2.82. The summed E-state index contributed by atoms with van der Waals surface area (Å²) >= 11 is 2.11. The zero-order chi connectivity index (χ0) is 7.56. The van der Waals surface area contributed by atoms with Crippen molar-refractivity contribution in [3.63, 3.8) is 0 Å². The molecule has 0 unspecified atom stereocenters. The van der Waals surface area contributed by atoms with E-state index >= 15 is 0 Å². The molecule has 0 aromatic heterocycles. The van der Waals surface area contributed by atoms with E-state index in [1.54, 1.807) is 6.07 Å². The summed E-state index contributed by atoms with van der Waals surface area (Å²) < 4.78 is 13.4. The molecule has 0 nitrogen and oxygen atoms in total. The van der Waals surface area contributed by atoms with Crippen molar-refractivity contribution in [2.75, 3.05) is 0 Å². The van der Waals surface area contributed by atoms with Crippen LogP contribution in [0.1, 0.15) is 5.56 Å². The lowest BCUT2D eigenvalue weighted by Crippen LogP contribution is -1.88. The predicted molar refractivity (Wildman–Crippen MR) is 48.6 cm³/mol. The van der Waals surface area contributed by atoms with Gasteiger partial charge in [-0.05, 0) is 46.3 Å². The Morgan fingerprint density at radius 2 is 2.20 bits per heavy atom. The maximum absolute atomic E-state index is 12.5. The third-order valence-corrected chi connectivity index (χ3v) is 2.59. The summed E-state index contributed by atoms with van der Waals surface area (Å²) in [5, 5.41) is 0. The normalized spacial score (nSPS) is 9.90. The number of rotatable bonds is 1. The van der Waals surface area contributed by atoms with E-state index in [0.717, 1.165) is 15.2 Å². The van der Waals surface area contributed by atoms with Crippen LogP contribution in [0.4, 0.5) is 4.39 Å². The average molecular weight is 263 g/mol. The van der Waals surface area contributed by atoms with E-state index in [2.05, 4.69) is 32.8 Å². The van der Waals surface area contributed by atoms with Crippen molar-refractivity contribution in [3.8, 4) is 0 Å². The molecule has 0 saturated carbocycles. The van der Waals surface area contributed by atoms with Gasteiger partial charge in [-0.2, -0.15) is 0 Å². The highest BCUT2D eigenvalue weighted by atomic mass is 127. The largest absolute Gasteiger partial charge is 0.207 e. The van der Waals surface area contributed by atoms with Gasteiger partial charge in [-0.15, -0.1) is 0 Å². The van der Waals surface area contributed by atoms with Crippen molar-refractivity contribution >= 4 is 32.8 Å². The zero-order valence-electron chi connectivity index (χ0n) is 5.20. The minimum Gasteiger partial charge on any atom is -0.207 e. The van der Waals surface area contributed by atoms with E-state index in [4.69, 9.17) is 0 Å². The fourth-order valence-corrected chi connectivity index (χ4v) is 2.00. The van der Waals surface area contributed by atoms with Crippen LogP contribution >= 0.6 is 22.6 Å². The van der Waals surface area contributed by atoms with Crippen molar-refractivity contribution in [3.05, 3.63) is 33.1 Å². The quantitative estimate of drug-likeness (QED) is 0.537. The average Bonchev–Trinajstić information content (AvgIpc) is 1.88. The Kier molecular flexibility index (Phi) is 2.85. The molecule has 1 aromatic rings. The van der Waals surface area contributed by atoms with Crippen LogP contribution in [0.5, 0.6) is 0 Å². The first-order valence-corrected chi connectivity index (χ1v) is 4.61. The Bertz CT molecular complexity index is 237. The Morgan fingerprint density at radius 3 is 2.70 bits per heavy atom. The highest BCUT2D eigenvalue weighted by Crippen LogP contribution is 2.12. The topological polar surface area (TPSA) is 0 Å². The van der Waals surface area contributed by atoms with Gasteiger partial charge in [0.1, 0.15) is 5.82 Å². The summed E-state index contributed by atoms with van der Waals surface area (Å²) in [7, 11) is 3.35. The smallest absolute Gasteiger partial charge is 0.124 e. The summed E-state index contributed by atoms with van der Waals surface area (Å²) in [5.74, 6) is -0.173. The lowest BCUT2D eigenvalue weighted by molar-refractivity contribution is 0.626. The van der Waals surface area contributed by atoms with Crippen molar-refractivity contribution in [2.24, 2.45) is 0 Å². The number of hydrogen-bond donors (Lipinski definition) is 0. The fraction of sp³-hybridized carbons (Fsp3) is 0.143.